The second-order valence-corrected chi connectivity index (χ2v) is 7.84. The minimum atomic E-state index is -0.423. The predicted octanol–water partition coefficient (Wildman–Crippen LogP) is 4.57. The van der Waals surface area contributed by atoms with E-state index in [0.717, 1.165) is 28.1 Å². The smallest absolute Gasteiger partial charge is 0.250 e. The standard InChI is InChI=1S/C27H22N2O2/c1-17-22(27(31)28-16-18-10-4-2-5-11-18)23(19-12-6-3-7-13-19)24-25(29-17)20-14-8-9-15-21(20)26(24)30/h2-15,23,29H,16H2,1H3,(H,28,31)/t23-/m1/s1. The van der Waals surface area contributed by atoms with Crippen LogP contribution in [-0.4, -0.2) is 11.7 Å². The molecule has 0 radical (unpaired) electrons. The van der Waals surface area contributed by atoms with E-state index in [0.29, 0.717) is 23.3 Å². The van der Waals surface area contributed by atoms with Gasteiger partial charge in [-0.3, -0.25) is 9.59 Å². The molecule has 0 unspecified atom stereocenters. The van der Waals surface area contributed by atoms with E-state index >= 15 is 0 Å². The summed E-state index contributed by atoms with van der Waals surface area (Å²) >= 11 is 0. The van der Waals surface area contributed by atoms with Crippen LogP contribution in [0.1, 0.15) is 39.9 Å². The van der Waals surface area contributed by atoms with Crippen LogP contribution in [-0.2, 0) is 11.3 Å². The molecule has 1 aliphatic heterocycles. The van der Waals surface area contributed by atoms with Gasteiger partial charge in [-0.15, -0.1) is 0 Å². The molecule has 1 atom stereocenters. The molecule has 5 rings (SSSR count). The average Bonchev–Trinajstić information content (AvgIpc) is 3.09. The maximum atomic E-state index is 13.4. The second kappa shape index (κ2) is 7.73. The molecule has 0 saturated carbocycles. The molecule has 1 heterocycles. The molecular formula is C27H22N2O2. The first-order chi connectivity index (χ1) is 15.1. The zero-order chi connectivity index (χ0) is 21.4. The monoisotopic (exact) mass is 406 g/mol. The first kappa shape index (κ1) is 19.1. The maximum Gasteiger partial charge on any atom is 0.250 e. The molecule has 0 aromatic heterocycles. The number of nitrogens with one attached hydrogen (secondary N) is 2. The topological polar surface area (TPSA) is 58.2 Å². The molecule has 0 spiro atoms. The molecule has 0 bridgehead atoms. The van der Waals surface area contributed by atoms with Crippen LogP contribution in [0.4, 0.5) is 0 Å². The summed E-state index contributed by atoms with van der Waals surface area (Å²) in [6.07, 6.45) is 0. The highest BCUT2D eigenvalue weighted by molar-refractivity contribution is 6.23. The number of allylic oxidation sites excluding steroid dienone is 2. The molecule has 4 heteroatoms. The first-order valence-corrected chi connectivity index (χ1v) is 10.4. The number of dihydropyridines is 1. The number of carbonyl (C=O) groups excluding carboxylic acids is 2. The van der Waals surface area contributed by atoms with Crippen molar-refractivity contribution in [2.75, 3.05) is 0 Å². The summed E-state index contributed by atoms with van der Waals surface area (Å²) in [5.41, 5.74) is 6.34. The van der Waals surface area contributed by atoms with Gasteiger partial charge in [0.2, 0.25) is 5.91 Å². The summed E-state index contributed by atoms with van der Waals surface area (Å²) in [6, 6.07) is 27.2. The van der Waals surface area contributed by atoms with Gasteiger partial charge in [0.25, 0.3) is 0 Å². The Morgan fingerprint density at radius 3 is 2.19 bits per heavy atom. The lowest BCUT2D eigenvalue weighted by molar-refractivity contribution is -0.117. The molecule has 3 aromatic carbocycles. The van der Waals surface area contributed by atoms with Gasteiger partial charge in [0.1, 0.15) is 0 Å². The Bertz CT molecular complexity index is 1240. The number of carbonyl (C=O) groups is 2. The third-order valence-electron chi connectivity index (χ3n) is 5.92. The predicted molar refractivity (Wildman–Crippen MR) is 121 cm³/mol. The minimum Gasteiger partial charge on any atom is -0.358 e. The fraction of sp³-hybridized carbons (Fsp3) is 0.111. The lowest BCUT2D eigenvalue weighted by Crippen LogP contribution is -2.34. The Morgan fingerprint density at radius 2 is 1.48 bits per heavy atom. The number of hydrogen-bond acceptors (Lipinski definition) is 3. The normalized spacial score (nSPS) is 17.2. The van der Waals surface area contributed by atoms with Crippen molar-refractivity contribution in [1.82, 2.24) is 10.6 Å². The van der Waals surface area contributed by atoms with E-state index in [2.05, 4.69) is 10.6 Å². The van der Waals surface area contributed by atoms with Crippen molar-refractivity contribution in [2.45, 2.75) is 19.4 Å². The SMILES string of the molecule is CC1=C(C(=O)NCc2ccccc2)[C@@H](c2ccccc2)C2=C(N1)c1ccccc1C2=O. The van der Waals surface area contributed by atoms with Gasteiger partial charge in [-0.05, 0) is 18.1 Å². The van der Waals surface area contributed by atoms with Crippen LogP contribution < -0.4 is 10.6 Å². The highest BCUT2D eigenvalue weighted by atomic mass is 16.2. The molecule has 0 fully saturated rings. The highest BCUT2D eigenvalue weighted by Crippen LogP contribution is 2.46. The van der Waals surface area contributed by atoms with Crippen LogP contribution in [0.3, 0.4) is 0 Å². The minimum absolute atomic E-state index is 0.0205. The highest BCUT2D eigenvalue weighted by Gasteiger charge is 2.42. The molecule has 2 N–H and O–H groups in total. The molecular weight excluding hydrogens is 384 g/mol. The van der Waals surface area contributed by atoms with Gasteiger partial charge < -0.3 is 10.6 Å². The molecule has 4 nitrogen and oxygen atoms in total. The quantitative estimate of drug-likeness (QED) is 0.667. The molecule has 152 valence electrons. The summed E-state index contributed by atoms with van der Waals surface area (Å²) < 4.78 is 0. The van der Waals surface area contributed by atoms with Crippen LogP contribution in [0.2, 0.25) is 0 Å². The average molecular weight is 406 g/mol. The Morgan fingerprint density at radius 1 is 0.871 bits per heavy atom. The van der Waals surface area contributed by atoms with E-state index in [1.54, 1.807) is 0 Å². The molecule has 31 heavy (non-hydrogen) atoms. The molecule has 0 saturated heterocycles. The van der Waals surface area contributed by atoms with Gasteiger partial charge in [-0.1, -0.05) is 84.9 Å². The van der Waals surface area contributed by atoms with Crippen molar-refractivity contribution >= 4 is 17.4 Å². The van der Waals surface area contributed by atoms with Crippen LogP contribution in [0.15, 0.2) is 102 Å². The van der Waals surface area contributed by atoms with Crippen LogP contribution in [0.5, 0.6) is 0 Å². The van der Waals surface area contributed by atoms with Crippen molar-refractivity contribution in [3.8, 4) is 0 Å². The largest absolute Gasteiger partial charge is 0.358 e. The summed E-state index contributed by atoms with van der Waals surface area (Å²) in [7, 11) is 0. The summed E-state index contributed by atoms with van der Waals surface area (Å²) in [4.78, 5) is 26.8. The zero-order valence-electron chi connectivity index (χ0n) is 17.2. The van der Waals surface area contributed by atoms with E-state index in [1.807, 2.05) is 91.9 Å². The van der Waals surface area contributed by atoms with Crippen LogP contribution >= 0.6 is 0 Å². The summed E-state index contributed by atoms with van der Waals surface area (Å²) in [5.74, 6) is -0.612. The lowest BCUT2D eigenvalue weighted by Gasteiger charge is -2.29. The second-order valence-electron chi connectivity index (χ2n) is 7.84. The van der Waals surface area contributed by atoms with Gasteiger partial charge in [0.05, 0.1) is 5.70 Å². The maximum absolute atomic E-state index is 13.4. The third-order valence-corrected chi connectivity index (χ3v) is 5.92. The van der Waals surface area contributed by atoms with Crippen molar-refractivity contribution in [3.05, 3.63) is 124 Å². The van der Waals surface area contributed by atoms with Gasteiger partial charge >= 0.3 is 0 Å². The van der Waals surface area contributed by atoms with Crippen molar-refractivity contribution in [3.63, 3.8) is 0 Å². The van der Waals surface area contributed by atoms with Gasteiger partial charge in [0.15, 0.2) is 5.78 Å². The third kappa shape index (κ3) is 3.26. The van der Waals surface area contributed by atoms with E-state index in [1.165, 1.54) is 0 Å². The Balaban J connectivity index is 1.56. The number of amides is 1. The number of ketones is 1. The first-order valence-electron chi connectivity index (χ1n) is 10.4. The van der Waals surface area contributed by atoms with Crippen molar-refractivity contribution < 1.29 is 9.59 Å². The number of Topliss-reactive ketones (excluding diaryl/α,β-unsaturated/α-hetero) is 1. The lowest BCUT2D eigenvalue weighted by atomic mass is 9.79. The fourth-order valence-corrected chi connectivity index (χ4v) is 4.48. The Kier molecular flexibility index (Phi) is 4.75. The molecule has 3 aromatic rings. The summed E-state index contributed by atoms with van der Waals surface area (Å²) in [6.45, 7) is 2.33. The number of benzene rings is 3. The fourth-order valence-electron chi connectivity index (χ4n) is 4.48. The van der Waals surface area contributed by atoms with Crippen molar-refractivity contribution in [2.24, 2.45) is 0 Å². The number of hydrogen-bond donors (Lipinski definition) is 2. The zero-order valence-corrected chi connectivity index (χ0v) is 17.2. The van der Waals surface area contributed by atoms with Gasteiger partial charge in [-0.2, -0.15) is 0 Å². The molecule has 1 aliphatic carbocycles. The molecule has 1 amide bonds. The number of fused-ring (bicyclic) bond motifs is 2. The molecule has 2 aliphatic rings. The van der Waals surface area contributed by atoms with Crippen LogP contribution in [0, 0.1) is 0 Å². The van der Waals surface area contributed by atoms with Crippen molar-refractivity contribution in [1.29, 1.82) is 0 Å². The van der Waals surface area contributed by atoms with Gasteiger partial charge in [-0.25, -0.2) is 0 Å². The Hall–Kier alpha value is -3.92. The van der Waals surface area contributed by atoms with E-state index in [4.69, 9.17) is 0 Å². The number of rotatable bonds is 4. The Labute approximate surface area is 181 Å². The van der Waals surface area contributed by atoms with Crippen LogP contribution in [0.25, 0.3) is 5.70 Å². The van der Waals surface area contributed by atoms with E-state index in [9.17, 15) is 9.59 Å². The van der Waals surface area contributed by atoms with Gasteiger partial charge in [0, 0.05) is 40.4 Å². The van der Waals surface area contributed by atoms with E-state index < -0.39 is 5.92 Å². The summed E-state index contributed by atoms with van der Waals surface area (Å²) in [5, 5.41) is 6.42. The van der Waals surface area contributed by atoms with E-state index in [-0.39, 0.29) is 11.7 Å².